The molecule has 1 aromatic rings. The maximum Gasteiger partial charge on any atom is 0.341 e. The van der Waals surface area contributed by atoms with Crippen molar-refractivity contribution >= 4 is 17.6 Å². The minimum absolute atomic E-state index is 0.0493. The fourth-order valence-electron chi connectivity index (χ4n) is 1.03. The van der Waals surface area contributed by atoms with Crippen LogP contribution in [0.2, 0.25) is 5.15 Å². The van der Waals surface area contributed by atoms with Gasteiger partial charge in [0.15, 0.2) is 0 Å². The van der Waals surface area contributed by atoms with Gasteiger partial charge in [-0.2, -0.15) is 9.72 Å². The van der Waals surface area contributed by atoms with Gasteiger partial charge in [-0.15, -0.1) is 0 Å². The zero-order chi connectivity index (χ0) is 13.0. The van der Waals surface area contributed by atoms with Crippen molar-refractivity contribution < 1.29 is 10.0 Å². The number of nitrogens with one attached hydrogen (secondary N) is 1. The molecule has 1 aromatic heterocycles. The topological polar surface area (TPSA) is 66.6 Å². The van der Waals surface area contributed by atoms with Crippen molar-refractivity contribution in [3.63, 3.8) is 0 Å². The van der Waals surface area contributed by atoms with Crippen LogP contribution in [0.15, 0.2) is 23.3 Å². The number of rotatable bonds is 2. The second-order valence-electron chi connectivity index (χ2n) is 4.15. The molecule has 0 saturated carbocycles. The lowest BCUT2D eigenvalue weighted by molar-refractivity contribution is 0.185. The highest BCUT2D eigenvalue weighted by Crippen LogP contribution is 2.01. The van der Waals surface area contributed by atoms with E-state index in [0.29, 0.717) is 11.3 Å². The van der Waals surface area contributed by atoms with Gasteiger partial charge in [0, 0.05) is 18.3 Å². The van der Waals surface area contributed by atoms with Crippen LogP contribution in [-0.4, -0.2) is 22.0 Å². The van der Waals surface area contributed by atoms with Crippen LogP contribution >= 0.6 is 11.6 Å². The van der Waals surface area contributed by atoms with E-state index in [-0.39, 0.29) is 11.2 Å². The van der Waals surface area contributed by atoms with Gasteiger partial charge in [-0.05, 0) is 18.9 Å². The molecule has 0 aliphatic heterocycles. The van der Waals surface area contributed by atoms with E-state index < -0.39 is 6.03 Å². The summed E-state index contributed by atoms with van der Waals surface area (Å²) in [6.07, 6.45) is 1.32. The van der Waals surface area contributed by atoms with E-state index >= 15 is 0 Å². The van der Waals surface area contributed by atoms with Crippen LogP contribution in [-0.2, 0) is 0 Å². The van der Waals surface area contributed by atoms with Crippen LogP contribution in [0, 0.1) is 5.92 Å². The van der Waals surface area contributed by atoms with Crippen LogP contribution in [0.1, 0.15) is 20.8 Å². The van der Waals surface area contributed by atoms with E-state index in [4.69, 9.17) is 16.8 Å². The fraction of sp³-hybridized carbons (Fsp3) is 0.455. The molecule has 0 aromatic carbocycles. The number of pyridine rings is 1. The molecule has 1 atom stereocenters. The molecule has 2 N–H and O–H groups in total. The summed E-state index contributed by atoms with van der Waals surface area (Å²) in [6.45, 7) is 5.94. The smallest absolute Gasteiger partial charge is 0.341 e. The molecule has 1 unspecified atom stereocenters. The van der Waals surface area contributed by atoms with E-state index in [1.54, 1.807) is 0 Å². The second kappa shape index (κ2) is 5.72. The Morgan fingerprint density at radius 2 is 2.18 bits per heavy atom. The van der Waals surface area contributed by atoms with Crippen LogP contribution in [0.3, 0.4) is 0 Å². The first-order chi connectivity index (χ1) is 7.90. The molecule has 1 rings (SSSR count). The SMILES string of the molecule is CC(C)C(C)NC(=O)/N=c1\ccn(O)c(Cl)c1. The van der Waals surface area contributed by atoms with Gasteiger partial charge < -0.3 is 10.5 Å². The fourth-order valence-corrected chi connectivity index (χ4v) is 1.20. The summed E-state index contributed by atoms with van der Waals surface area (Å²) in [6, 6.07) is 2.53. The molecule has 6 heteroatoms. The molecular formula is C11H16ClN3O2. The van der Waals surface area contributed by atoms with Crippen LogP contribution < -0.4 is 10.7 Å². The zero-order valence-electron chi connectivity index (χ0n) is 10.0. The van der Waals surface area contributed by atoms with Crippen molar-refractivity contribution in [3.05, 3.63) is 28.8 Å². The number of nitrogens with zero attached hydrogens (tertiary/aromatic N) is 2. The van der Waals surface area contributed by atoms with Gasteiger partial charge in [-0.3, -0.25) is 0 Å². The van der Waals surface area contributed by atoms with Crippen molar-refractivity contribution in [1.82, 2.24) is 10.0 Å². The molecule has 0 fully saturated rings. The van der Waals surface area contributed by atoms with Gasteiger partial charge in [-0.1, -0.05) is 25.4 Å². The predicted octanol–water partition coefficient (Wildman–Crippen LogP) is 2.03. The number of carbonyl (C=O) groups excluding carboxylic acids is 1. The van der Waals surface area contributed by atoms with E-state index in [0.717, 1.165) is 4.73 Å². The summed E-state index contributed by atoms with van der Waals surface area (Å²) in [5, 5.41) is 12.4. The lowest BCUT2D eigenvalue weighted by Crippen LogP contribution is -2.35. The van der Waals surface area contributed by atoms with Crippen molar-refractivity contribution in [2.24, 2.45) is 10.9 Å². The molecule has 0 spiro atoms. The van der Waals surface area contributed by atoms with E-state index in [1.807, 2.05) is 20.8 Å². The third-order valence-electron chi connectivity index (χ3n) is 2.45. The monoisotopic (exact) mass is 257 g/mol. The summed E-state index contributed by atoms with van der Waals surface area (Å²) in [4.78, 5) is 15.4. The Morgan fingerprint density at radius 1 is 1.53 bits per heavy atom. The highest BCUT2D eigenvalue weighted by molar-refractivity contribution is 6.29. The van der Waals surface area contributed by atoms with Gasteiger partial charge in [-0.25, -0.2) is 4.79 Å². The highest BCUT2D eigenvalue weighted by Gasteiger charge is 2.09. The van der Waals surface area contributed by atoms with Crippen molar-refractivity contribution in [1.29, 1.82) is 0 Å². The van der Waals surface area contributed by atoms with Crippen LogP contribution in [0.25, 0.3) is 0 Å². The van der Waals surface area contributed by atoms with Crippen molar-refractivity contribution in [2.45, 2.75) is 26.8 Å². The molecule has 2 amide bonds. The van der Waals surface area contributed by atoms with Gasteiger partial charge in [0.1, 0.15) is 5.15 Å². The maximum absolute atomic E-state index is 11.5. The third kappa shape index (κ3) is 4.11. The van der Waals surface area contributed by atoms with E-state index in [9.17, 15) is 4.79 Å². The number of hydrogen-bond donors (Lipinski definition) is 2. The van der Waals surface area contributed by atoms with Gasteiger partial charge in [0.2, 0.25) is 0 Å². The lowest BCUT2D eigenvalue weighted by atomic mass is 10.1. The number of halogens is 1. The molecule has 0 aliphatic rings. The molecule has 0 bridgehead atoms. The minimum atomic E-state index is -0.419. The summed E-state index contributed by atoms with van der Waals surface area (Å²) >= 11 is 5.67. The highest BCUT2D eigenvalue weighted by atomic mass is 35.5. The summed E-state index contributed by atoms with van der Waals surface area (Å²) in [5.41, 5.74) is 0. The first-order valence-electron chi connectivity index (χ1n) is 5.33. The number of carbonyl (C=O) groups is 1. The molecule has 0 aliphatic carbocycles. The summed E-state index contributed by atoms with van der Waals surface area (Å²) in [5.74, 6) is 0.341. The largest absolute Gasteiger partial charge is 0.428 e. The molecule has 5 nitrogen and oxygen atoms in total. The van der Waals surface area contributed by atoms with E-state index in [1.165, 1.54) is 18.3 Å². The zero-order valence-corrected chi connectivity index (χ0v) is 10.8. The predicted molar refractivity (Wildman–Crippen MR) is 65.0 cm³/mol. The number of hydrogen-bond acceptors (Lipinski definition) is 2. The quantitative estimate of drug-likeness (QED) is 0.629. The number of urea groups is 1. The Labute approximate surface area is 105 Å². The van der Waals surface area contributed by atoms with E-state index in [2.05, 4.69) is 10.3 Å². The molecule has 17 heavy (non-hydrogen) atoms. The van der Waals surface area contributed by atoms with Gasteiger partial charge >= 0.3 is 6.03 Å². The van der Waals surface area contributed by atoms with Crippen LogP contribution in [0.4, 0.5) is 4.79 Å². The Morgan fingerprint density at radius 3 is 2.71 bits per heavy atom. The Hall–Kier alpha value is -1.49. The standard InChI is InChI=1S/C11H16ClN3O2/c1-7(2)8(3)13-11(16)14-9-4-5-15(17)10(12)6-9/h4-8,17H,1-3H3,(H,13,16)/b14-9+. The molecule has 1 heterocycles. The average molecular weight is 258 g/mol. The second-order valence-corrected chi connectivity index (χ2v) is 4.53. The normalized spacial score (nSPS) is 13.8. The number of aromatic nitrogens is 1. The molecular weight excluding hydrogens is 242 g/mol. The Kier molecular flexibility index (Phi) is 4.57. The minimum Gasteiger partial charge on any atom is -0.428 e. The lowest BCUT2D eigenvalue weighted by Gasteiger charge is -2.15. The molecule has 94 valence electrons. The van der Waals surface area contributed by atoms with Crippen molar-refractivity contribution in [3.8, 4) is 0 Å². The van der Waals surface area contributed by atoms with Gasteiger partial charge in [0.05, 0.1) is 5.36 Å². The first-order valence-corrected chi connectivity index (χ1v) is 5.70. The van der Waals surface area contributed by atoms with Crippen LogP contribution in [0.5, 0.6) is 0 Å². The Bertz CT molecular complexity index is 468. The van der Waals surface area contributed by atoms with Crippen molar-refractivity contribution in [2.75, 3.05) is 0 Å². The third-order valence-corrected chi connectivity index (χ3v) is 2.74. The average Bonchev–Trinajstić information content (AvgIpc) is 2.23. The summed E-state index contributed by atoms with van der Waals surface area (Å²) < 4.78 is 0.745. The first kappa shape index (κ1) is 13.6. The molecule has 0 saturated heterocycles. The summed E-state index contributed by atoms with van der Waals surface area (Å²) in [7, 11) is 0. The maximum atomic E-state index is 11.5. The Balaban J connectivity index is 2.81. The molecule has 0 radical (unpaired) electrons. The number of amides is 2. The van der Waals surface area contributed by atoms with Gasteiger partial charge in [0.25, 0.3) is 0 Å².